The molecule has 1 unspecified atom stereocenters. The molecule has 4 aromatic heterocycles. The minimum Gasteiger partial charge on any atom is -0.481 e. The van der Waals surface area contributed by atoms with E-state index in [1.807, 2.05) is 34.7 Å². The number of rotatable bonds is 1. The third kappa shape index (κ3) is 1.65. The van der Waals surface area contributed by atoms with Crippen molar-refractivity contribution >= 4 is 44.4 Å². The fraction of sp³-hybridized carbons (Fsp3) is 0.200. The van der Waals surface area contributed by atoms with E-state index in [1.54, 1.807) is 13.0 Å². The van der Waals surface area contributed by atoms with Gasteiger partial charge in [0.25, 0.3) is 0 Å². The molecule has 1 aliphatic rings. The Hall–Kier alpha value is -3.32. The average Bonchev–Trinajstić information content (AvgIpc) is 3.26. The number of Topliss-reactive ketones (excluding diaryl/α,β-unsaturated/α-hetero) is 1. The van der Waals surface area contributed by atoms with E-state index in [1.165, 1.54) is 0 Å². The van der Waals surface area contributed by atoms with Crippen molar-refractivity contribution in [2.75, 3.05) is 6.61 Å². The van der Waals surface area contributed by atoms with Crippen molar-refractivity contribution in [3.05, 3.63) is 42.0 Å². The highest BCUT2D eigenvalue weighted by Crippen LogP contribution is 2.43. The Morgan fingerprint density at radius 3 is 2.89 bits per heavy atom. The van der Waals surface area contributed by atoms with E-state index in [0.29, 0.717) is 22.6 Å². The molecule has 132 valence electrons. The van der Waals surface area contributed by atoms with E-state index in [-0.39, 0.29) is 18.8 Å². The number of carbonyl (C=O) groups is 1. The number of hydrogen-bond donors (Lipinski definition) is 1. The van der Waals surface area contributed by atoms with E-state index in [2.05, 4.69) is 10.2 Å². The number of hydrogen-bond acceptors (Lipinski definition) is 6. The summed E-state index contributed by atoms with van der Waals surface area (Å²) in [5, 5.41) is 21.6. The molecule has 6 rings (SSSR count). The van der Waals surface area contributed by atoms with E-state index in [0.717, 1.165) is 27.3 Å². The number of ether oxygens (including phenoxy) is 1. The van der Waals surface area contributed by atoms with Crippen LogP contribution in [0.2, 0.25) is 0 Å². The van der Waals surface area contributed by atoms with Crippen LogP contribution in [0.25, 0.3) is 38.6 Å². The summed E-state index contributed by atoms with van der Waals surface area (Å²) in [7, 11) is 0. The van der Waals surface area contributed by atoms with Crippen LogP contribution in [0.3, 0.4) is 0 Å². The molecular formula is C20H14N4O3. The zero-order valence-corrected chi connectivity index (χ0v) is 14.4. The number of para-hydroxylation sites is 1. The van der Waals surface area contributed by atoms with Crippen molar-refractivity contribution in [1.82, 2.24) is 19.6 Å². The third-order valence-corrected chi connectivity index (χ3v) is 5.61. The monoisotopic (exact) mass is 358 g/mol. The molecule has 0 saturated heterocycles. The molecule has 0 fully saturated rings. The number of ketones is 1. The van der Waals surface area contributed by atoms with Crippen LogP contribution in [-0.2, 0) is 10.4 Å². The maximum absolute atomic E-state index is 12.4. The number of pyridine rings is 2. The molecule has 5 aromatic rings. The van der Waals surface area contributed by atoms with Gasteiger partial charge in [-0.15, -0.1) is 10.2 Å². The van der Waals surface area contributed by atoms with Gasteiger partial charge in [0, 0.05) is 16.3 Å². The SMILES string of the molecule is CCC1(O)C(=O)COc2c1cc1c3nc4ccccc4cc3c3nnc2n13. The van der Waals surface area contributed by atoms with Crippen molar-refractivity contribution in [3.63, 3.8) is 0 Å². The molecule has 0 saturated carbocycles. The lowest BCUT2D eigenvalue weighted by Crippen LogP contribution is -2.42. The zero-order valence-electron chi connectivity index (χ0n) is 14.4. The fourth-order valence-corrected chi connectivity index (χ4v) is 4.12. The fourth-order valence-electron chi connectivity index (χ4n) is 4.12. The predicted octanol–water partition coefficient (Wildman–Crippen LogP) is 2.58. The Morgan fingerprint density at radius 1 is 1.22 bits per heavy atom. The van der Waals surface area contributed by atoms with Gasteiger partial charge in [-0.2, -0.15) is 0 Å². The second kappa shape index (κ2) is 4.69. The van der Waals surface area contributed by atoms with Gasteiger partial charge in [0.1, 0.15) is 0 Å². The van der Waals surface area contributed by atoms with Gasteiger partial charge in [-0.1, -0.05) is 25.1 Å². The molecule has 7 heteroatoms. The van der Waals surface area contributed by atoms with E-state index >= 15 is 0 Å². The Morgan fingerprint density at radius 2 is 2.04 bits per heavy atom. The van der Waals surface area contributed by atoms with Crippen LogP contribution in [0.1, 0.15) is 18.9 Å². The van der Waals surface area contributed by atoms with Crippen molar-refractivity contribution in [1.29, 1.82) is 0 Å². The highest BCUT2D eigenvalue weighted by Gasteiger charge is 2.44. The lowest BCUT2D eigenvalue weighted by atomic mass is 9.85. The molecular weight excluding hydrogens is 344 g/mol. The standard InChI is InChI=1S/C20H14N4O3/c1-2-20(26)12-8-14-16-11(7-10-5-3-4-6-13(10)21-16)18-22-23-19(24(14)18)17(12)27-9-15(20)25/h3-8,26H,2,9H2,1H3. The van der Waals surface area contributed by atoms with Gasteiger partial charge in [0.05, 0.1) is 16.6 Å². The minimum absolute atomic E-state index is 0.177. The van der Waals surface area contributed by atoms with Gasteiger partial charge in [-0.25, -0.2) is 4.98 Å². The first-order chi connectivity index (χ1) is 13.1. The third-order valence-electron chi connectivity index (χ3n) is 5.61. The van der Waals surface area contributed by atoms with Gasteiger partial charge in [0.2, 0.25) is 11.4 Å². The van der Waals surface area contributed by atoms with Gasteiger partial charge in [0.15, 0.2) is 23.6 Å². The number of carbonyl (C=O) groups excluding carboxylic acids is 1. The van der Waals surface area contributed by atoms with Gasteiger partial charge >= 0.3 is 0 Å². The molecule has 5 heterocycles. The predicted molar refractivity (Wildman–Crippen MR) is 99.2 cm³/mol. The lowest BCUT2D eigenvalue weighted by Gasteiger charge is -2.32. The summed E-state index contributed by atoms with van der Waals surface area (Å²) >= 11 is 0. The molecule has 0 spiro atoms. The first-order valence-electron chi connectivity index (χ1n) is 8.83. The molecule has 0 aliphatic carbocycles. The summed E-state index contributed by atoms with van der Waals surface area (Å²) in [6, 6.07) is 11.7. The van der Waals surface area contributed by atoms with E-state index in [9.17, 15) is 9.90 Å². The summed E-state index contributed by atoms with van der Waals surface area (Å²) in [5.41, 5.74) is 2.44. The first kappa shape index (κ1) is 14.8. The van der Waals surface area contributed by atoms with Crippen LogP contribution in [-0.4, -0.2) is 37.1 Å². The maximum Gasteiger partial charge on any atom is 0.206 e. The highest BCUT2D eigenvalue weighted by molar-refractivity contribution is 6.10. The quantitative estimate of drug-likeness (QED) is 0.495. The summed E-state index contributed by atoms with van der Waals surface area (Å²) in [6.07, 6.45) is 0.261. The van der Waals surface area contributed by atoms with Crippen molar-refractivity contribution in [2.24, 2.45) is 0 Å². The summed E-state index contributed by atoms with van der Waals surface area (Å²) in [4.78, 5) is 17.2. The molecule has 1 aliphatic heterocycles. The Bertz CT molecular complexity index is 1410. The zero-order chi connectivity index (χ0) is 18.3. The molecule has 1 aromatic carbocycles. The smallest absolute Gasteiger partial charge is 0.206 e. The number of benzene rings is 1. The second-order valence-electron chi connectivity index (χ2n) is 6.96. The first-order valence-corrected chi connectivity index (χ1v) is 8.83. The Kier molecular flexibility index (Phi) is 2.57. The van der Waals surface area contributed by atoms with Crippen molar-refractivity contribution in [3.8, 4) is 5.75 Å². The number of aliphatic hydroxyl groups is 1. The van der Waals surface area contributed by atoms with E-state index < -0.39 is 5.60 Å². The number of nitrogens with zero attached hydrogens (tertiary/aromatic N) is 4. The van der Waals surface area contributed by atoms with Crippen LogP contribution in [0.15, 0.2) is 36.4 Å². The number of aromatic nitrogens is 4. The van der Waals surface area contributed by atoms with Gasteiger partial charge in [-0.3, -0.25) is 9.20 Å². The van der Waals surface area contributed by atoms with Crippen LogP contribution < -0.4 is 4.74 Å². The van der Waals surface area contributed by atoms with Gasteiger partial charge < -0.3 is 9.84 Å². The molecule has 0 bridgehead atoms. The molecule has 0 amide bonds. The molecule has 7 nitrogen and oxygen atoms in total. The van der Waals surface area contributed by atoms with Crippen LogP contribution in [0.4, 0.5) is 0 Å². The van der Waals surface area contributed by atoms with Gasteiger partial charge in [-0.05, 0) is 24.6 Å². The van der Waals surface area contributed by atoms with Crippen LogP contribution in [0.5, 0.6) is 5.75 Å². The molecule has 1 atom stereocenters. The maximum atomic E-state index is 12.4. The molecule has 0 radical (unpaired) electrons. The largest absolute Gasteiger partial charge is 0.481 e. The topological polar surface area (TPSA) is 89.6 Å². The molecule has 1 N–H and O–H groups in total. The van der Waals surface area contributed by atoms with Crippen molar-refractivity contribution < 1.29 is 14.6 Å². The Balaban J connectivity index is 1.83. The summed E-state index contributed by atoms with van der Waals surface area (Å²) < 4.78 is 7.56. The average molecular weight is 358 g/mol. The minimum atomic E-state index is -1.59. The summed E-state index contributed by atoms with van der Waals surface area (Å²) in [6.45, 7) is 1.61. The number of fused-ring (bicyclic) bond motifs is 6. The molecule has 27 heavy (non-hydrogen) atoms. The van der Waals surface area contributed by atoms with Crippen LogP contribution in [0, 0.1) is 0 Å². The Labute approximate surface area is 152 Å². The lowest BCUT2D eigenvalue weighted by molar-refractivity contribution is -0.143. The summed E-state index contributed by atoms with van der Waals surface area (Å²) in [5.74, 6) is 0.0669. The second-order valence-corrected chi connectivity index (χ2v) is 6.96. The van der Waals surface area contributed by atoms with E-state index in [4.69, 9.17) is 9.72 Å². The van der Waals surface area contributed by atoms with Crippen LogP contribution >= 0.6 is 0 Å². The highest BCUT2D eigenvalue weighted by atomic mass is 16.5. The normalized spacial score (nSPS) is 20.0. The van der Waals surface area contributed by atoms with Crippen molar-refractivity contribution in [2.45, 2.75) is 18.9 Å².